The van der Waals surface area contributed by atoms with Gasteiger partial charge in [-0.2, -0.15) is 0 Å². The van der Waals surface area contributed by atoms with Crippen LogP contribution in [0.15, 0.2) is 48.8 Å². The first-order valence-electron chi connectivity index (χ1n) is 5.81. The molecule has 102 valence electrons. The molecule has 20 heavy (non-hydrogen) atoms. The lowest BCUT2D eigenvalue weighted by molar-refractivity contribution is -0.139. The lowest BCUT2D eigenvalue weighted by Gasteiger charge is -2.07. The Hall–Kier alpha value is -2.89. The first kappa shape index (κ1) is 13.5. The van der Waals surface area contributed by atoms with E-state index in [2.05, 4.69) is 10.3 Å². The van der Waals surface area contributed by atoms with Gasteiger partial charge in [-0.3, -0.25) is 9.78 Å². The van der Waals surface area contributed by atoms with E-state index in [4.69, 9.17) is 9.84 Å². The molecule has 0 saturated heterocycles. The van der Waals surface area contributed by atoms with Crippen LogP contribution in [0.1, 0.15) is 10.4 Å². The number of nitrogens with one attached hydrogen (secondary N) is 1. The third-order valence-corrected chi connectivity index (χ3v) is 2.42. The van der Waals surface area contributed by atoms with Gasteiger partial charge in [-0.05, 0) is 36.4 Å². The highest BCUT2D eigenvalue weighted by Gasteiger charge is 2.05. The number of pyridine rings is 1. The highest BCUT2D eigenvalue weighted by atomic mass is 16.5. The summed E-state index contributed by atoms with van der Waals surface area (Å²) in [4.78, 5) is 26.1. The maximum Gasteiger partial charge on any atom is 0.341 e. The highest BCUT2D eigenvalue weighted by Crippen LogP contribution is 2.16. The molecule has 2 aromatic rings. The summed E-state index contributed by atoms with van der Waals surface area (Å²) in [5.41, 5.74) is 1.10. The molecular weight excluding hydrogens is 260 g/mol. The Morgan fingerprint density at radius 1 is 1.10 bits per heavy atom. The quantitative estimate of drug-likeness (QED) is 0.866. The topological polar surface area (TPSA) is 88.5 Å². The van der Waals surface area contributed by atoms with Crippen LogP contribution in [-0.4, -0.2) is 28.6 Å². The third kappa shape index (κ3) is 3.81. The van der Waals surface area contributed by atoms with Gasteiger partial charge in [0.25, 0.3) is 5.91 Å². The Morgan fingerprint density at radius 2 is 1.75 bits per heavy atom. The molecule has 0 aliphatic carbocycles. The molecule has 0 radical (unpaired) electrons. The number of carbonyl (C=O) groups excluding carboxylic acids is 1. The molecule has 0 spiro atoms. The van der Waals surface area contributed by atoms with Crippen LogP contribution in [0.4, 0.5) is 5.69 Å². The van der Waals surface area contributed by atoms with E-state index in [0.29, 0.717) is 17.0 Å². The first-order chi connectivity index (χ1) is 9.65. The minimum absolute atomic E-state index is 0.244. The van der Waals surface area contributed by atoms with Crippen molar-refractivity contribution in [2.45, 2.75) is 0 Å². The lowest BCUT2D eigenvalue weighted by Crippen LogP contribution is -2.12. The molecule has 0 bridgehead atoms. The van der Waals surface area contributed by atoms with Crippen LogP contribution in [-0.2, 0) is 4.79 Å². The number of ether oxygens (including phenoxy) is 1. The molecule has 0 aliphatic rings. The van der Waals surface area contributed by atoms with Crippen molar-refractivity contribution < 1.29 is 19.4 Å². The van der Waals surface area contributed by atoms with E-state index in [0.717, 1.165) is 0 Å². The Balaban J connectivity index is 1.97. The zero-order valence-electron chi connectivity index (χ0n) is 10.4. The van der Waals surface area contributed by atoms with Crippen molar-refractivity contribution in [2.24, 2.45) is 0 Å². The molecule has 0 unspecified atom stereocenters. The molecule has 6 heteroatoms. The number of rotatable bonds is 5. The van der Waals surface area contributed by atoms with Crippen molar-refractivity contribution in [3.8, 4) is 5.75 Å². The zero-order valence-corrected chi connectivity index (χ0v) is 10.4. The lowest BCUT2D eigenvalue weighted by atomic mass is 10.2. The largest absolute Gasteiger partial charge is 0.482 e. The summed E-state index contributed by atoms with van der Waals surface area (Å²) in [5.74, 6) is -0.860. The monoisotopic (exact) mass is 272 g/mol. The third-order valence-electron chi connectivity index (χ3n) is 2.42. The van der Waals surface area contributed by atoms with Gasteiger partial charge >= 0.3 is 5.97 Å². The van der Waals surface area contributed by atoms with Crippen LogP contribution in [0.25, 0.3) is 0 Å². The summed E-state index contributed by atoms with van der Waals surface area (Å²) in [6.45, 7) is -0.400. The van der Waals surface area contributed by atoms with E-state index in [-0.39, 0.29) is 5.91 Å². The van der Waals surface area contributed by atoms with Crippen LogP contribution in [0, 0.1) is 0 Å². The van der Waals surface area contributed by atoms with Crippen LogP contribution in [0.2, 0.25) is 0 Å². The van der Waals surface area contributed by atoms with Crippen LogP contribution >= 0.6 is 0 Å². The van der Waals surface area contributed by atoms with E-state index in [1.165, 1.54) is 12.4 Å². The van der Waals surface area contributed by atoms with Gasteiger partial charge in [0.1, 0.15) is 5.75 Å². The number of hydrogen-bond acceptors (Lipinski definition) is 4. The van der Waals surface area contributed by atoms with E-state index in [9.17, 15) is 9.59 Å². The Labute approximate surface area is 115 Å². The zero-order chi connectivity index (χ0) is 14.4. The van der Waals surface area contributed by atoms with Crippen LogP contribution in [0.3, 0.4) is 0 Å². The van der Waals surface area contributed by atoms with Crippen molar-refractivity contribution in [1.82, 2.24) is 4.98 Å². The number of amides is 1. The second-order valence-corrected chi connectivity index (χ2v) is 3.90. The van der Waals surface area contributed by atoms with Crippen molar-refractivity contribution in [3.05, 3.63) is 54.4 Å². The van der Waals surface area contributed by atoms with Crippen molar-refractivity contribution in [2.75, 3.05) is 11.9 Å². The van der Waals surface area contributed by atoms with Crippen molar-refractivity contribution >= 4 is 17.6 Å². The SMILES string of the molecule is O=C(O)COc1ccc(NC(=O)c2ccncc2)cc1. The summed E-state index contributed by atoms with van der Waals surface area (Å²) >= 11 is 0. The molecule has 6 nitrogen and oxygen atoms in total. The van der Waals surface area contributed by atoms with E-state index in [1.807, 2.05) is 0 Å². The number of carbonyl (C=O) groups is 2. The summed E-state index contributed by atoms with van der Waals surface area (Å²) in [7, 11) is 0. The van der Waals surface area contributed by atoms with Gasteiger partial charge in [-0.25, -0.2) is 4.79 Å². The number of carboxylic acids is 1. The van der Waals surface area contributed by atoms with Gasteiger partial charge in [-0.15, -0.1) is 0 Å². The molecule has 1 aromatic carbocycles. The fourth-order valence-electron chi connectivity index (χ4n) is 1.49. The summed E-state index contributed by atoms with van der Waals surface area (Å²) in [6.07, 6.45) is 3.08. The number of aromatic nitrogens is 1. The standard InChI is InChI=1S/C14H12N2O4/c17-13(18)9-20-12-3-1-11(2-4-12)16-14(19)10-5-7-15-8-6-10/h1-8H,9H2,(H,16,19)(H,17,18). The first-order valence-corrected chi connectivity index (χ1v) is 5.81. The Kier molecular flexibility index (Phi) is 4.28. The van der Waals surface area contributed by atoms with Crippen molar-refractivity contribution in [1.29, 1.82) is 0 Å². The molecule has 1 heterocycles. The molecular formula is C14H12N2O4. The van der Waals surface area contributed by atoms with Gasteiger partial charge in [-0.1, -0.05) is 0 Å². The van der Waals surface area contributed by atoms with Crippen molar-refractivity contribution in [3.63, 3.8) is 0 Å². The molecule has 0 aliphatic heterocycles. The number of hydrogen-bond donors (Lipinski definition) is 2. The maximum absolute atomic E-state index is 11.9. The van der Waals surface area contributed by atoms with Gasteiger partial charge in [0.2, 0.25) is 0 Å². The number of anilines is 1. The Morgan fingerprint density at radius 3 is 2.35 bits per heavy atom. The molecule has 2 N–H and O–H groups in total. The van der Waals surface area contributed by atoms with Gasteiger partial charge in [0, 0.05) is 23.6 Å². The van der Waals surface area contributed by atoms with Gasteiger partial charge < -0.3 is 15.2 Å². The van der Waals surface area contributed by atoms with E-state index >= 15 is 0 Å². The number of nitrogens with zero attached hydrogens (tertiary/aromatic N) is 1. The number of carboxylic acid groups (broad SMARTS) is 1. The fraction of sp³-hybridized carbons (Fsp3) is 0.0714. The summed E-state index contributed by atoms with van der Waals surface area (Å²) in [5, 5.41) is 11.2. The average molecular weight is 272 g/mol. The molecule has 1 aromatic heterocycles. The minimum atomic E-state index is -1.04. The Bertz CT molecular complexity index is 596. The summed E-state index contributed by atoms with van der Waals surface area (Å²) < 4.78 is 4.99. The predicted octanol–water partition coefficient (Wildman–Crippen LogP) is 1.80. The smallest absolute Gasteiger partial charge is 0.341 e. The maximum atomic E-state index is 11.9. The van der Waals surface area contributed by atoms with E-state index < -0.39 is 12.6 Å². The molecule has 0 atom stereocenters. The van der Waals surface area contributed by atoms with E-state index in [1.54, 1.807) is 36.4 Å². The molecule has 0 fully saturated rings. The normalized spacial score (nSPS) is 9.80. The second-order valence-electron chi connectivity index (χ2n) is 3.90. The molecule has 2 rings (SSSR count). The second kappa shape index (κ2) is 6.33. The fourth-order valence-corrected chi connectivity index (χ4v) is 1.49. The van der Waals surface area contributed by atoms with Crippen LogP contribution in [0.5, 0.6) is 5.75 Å². The highest BCUT2D eigenvalue weighted by molar-refractivity contribution is 6.04. The minimum Gasteiger partial charge on any atom is -0.482 e. The summed E-state index contributed by atoms with van der Waals surface area (Å²) in [6, 6.07) is 9.67. The average Bonchev–Trinajstić information content (AvgIpc) is 2.47. The number of aliphatic carboxylic acids is 1. The molecule has 0 saturated carbocycles. The predicted molar refractivity (Wildman–Crippen MR) is 71.8 cm³/mol. The van der Waals surface area contributed by atoms with Gasteiger partial charge in [0.05, 0.1) is 0 Å². The molecule has 1 amide bonds. The number of benzene rings is 1. The van der Waals surface area contributed by atoms with Crippen LogP contribution < -0.4 is 10.1 Å². The van der Waals surface area contributed by atoms with Gasteiger partial charge in [0.15, 0.2) is 6.61 Å².